The number of rotatable bonds is 9. The summed E-state index contributed by atoms with van der Waals surface area (Å²) in [5.74, 6) is -0.223. The van der Waals surface area contributed by atoms with Gasteiger partial charge < -0.3 is 19.9 Å². The van der Waals surface area contributed by atoms with Crippen LogP contribution < -0.4 is 10.0 Å². The van der Waals surface area contributed by atoms with Crippen molar-refractivity contribution in [3.05, 3.63) is 29.8 Å². The van der Waals surface area contributed by atoms with E-state index >= 15 is 0 Å². The average Bonchev–Trinajstić information content (AvgIpc) is 2.46. The smallest absolute Gasteiger partial charge is 0.307 e. The number of nitrogens with one attached hydrogen (secondary N) is 2. The summed E-state index contributed by atoms with van der Waals surface area (Å²) in [6.45, 7) is 4.48. The Morgan fingerprint density at radius 1 is 1.38 bits per heavy atom. The molecule has 21 heavy (non-hydrogen) atoms. The first-order chi connectivity index (χ1) is 10.1. The van der Waals surface area contributed by atoms with E-state index in [1.54, 1.807) is 6.92 Å². The van der Waals surface area contributed by atoms with Crippen LogP contribution in [-0.4, -0.2) is 36.5 Å². The molecular formula is C15H24N2O3S. The van der Waals surface area contributed by atoms with Gasteiger partial charge in [-0.2, -0.15) is 0 Å². The van der Waals surface area contributed by atoms with Crippen LogP contribution in [0.5, 0.6) is 0 Å². The highest BCUT2D eigenvalue weighted by molar-refractivity contribution is 7.99. The number of hydrogen-bond donors (Lipinski definition) is 3. The maximum absolute atomic E-state index is 11.3. The lowest BCUT2D eigenvalue weighted by atomic mass is 10.1. The van der Waals surface area contributed by atoms with Gasteiger partial charge in [-0.3, -0.25) is 4.79 Å². The van der Waals surface area contributed by atoms with Crippen LogP contribution in [0, 0.1) is 0 Å². The van der Waals surface area contributed by atoms with Crippen LogP contribution in [-0.2, 0) is 9.53 Å². The molecule has 118 valence electrons. The van der Waals surface area contributed by atoms with Crippen LogP contribution in [0.2, 0.25) is 0 Å². The fraction of sp³-hybridized carbons (Fsp3) is 0.533. The normalized spacial score (nSPS) is 13.5. The fourth-order valence-corrected chi connectivity index (χ4v) is 2.24. The third kappa shape index (κ3) is 6.84. The molecule has 0 spiro atoms. The Kier molecular flexibility index (Phi) is 8.19. The molecule has 0 fully saturated rings. The summed E-state index contributed by atoms with van der Waals surface area (Å²) >= 11 is 1.52. The minimum Gasteiger partial charge on any atom is -0.466 e. The topological polar surface area (TPSA) is 70.6 Å². The van der Waals surface area contributed by atoms with E-state index in [4.69, 9.17) is 4.74 Å². The van der Waals surface area contributed by atoms with Gasteiger partial charge in [-0.25, -0.2) is 0 Å². The summed E-state index contributed by atoms with van der Waals surface area (Å²) in [6.07, 6.45) is 1.66. The van der Waals surface area contributed by atoms with E-state index in [2.05, 4.69) is 10.0 Å². The van der Waals surface area contributed by atoms with Crippen LogP contribution in [0.25, 0.3) is 0 Å². The molecule has 0 bridgehead atoms. The van der Waals surface area contributed by atoms with Gasteiger partial charge in [0.25, 0.3) is 0 Å². The van der Waals surface area contributed by atoms with E-state index in [0.717, 1.165) is 11.3 Å². The van der Waals surface area contributed by atoms with Gasteiger partial charge in [0.2, 0.25) is 0 Å². The van der Waals surface area contributed by atoms with E-state index in [1.807, 2.05) is 37.4 Å². The minimum absolute atomic E-state index is 0.0314. The molecule has 3 N–H and O–H groups in total. The zero-order valence-corrected chi connectivity index (χ0v) is 13.6. The number of esters is 1. The maximum atomic E-state index is 11.3. The monoisotopic (exact) mass is 312 g/mol. The van der Waals surface area contributed by atoms with Crippen molar-refractivity contribution in [1.29, 1.82) is 0 Å². The van der Waals surface area contributed by atoms with Gasteiger partial charge in [0.15, 0.2) is 0 Å². The van der Waals surface area contributed by atoms with Gasteiger partial charge in [-0.1, -0.05) is 24.1 Å². The summed E-state index contributed by atoms with van der Waals surface area (Å²) in [4.78, 5) is 11.3. The summed E-state index contributed by atoms with van der Waals surface area (Å²) in [6, 6.07) is 7.60. The molecule has 0 saturated heterocycles. The zero-order valence-electron chi connectivity index (χ0n) is 12.8. The molecule has 1 rings (SSSR count). The molecule has 1 aromatic carbocycles. The summed E-state index contributed by atoms with van der Waals surface area (Å²) in [7, 11) is 0. The molecule has 6 heteroatoms. The highest BCUT2D eigenvalue weighted by Crippen LogP contribution is 2.17. The second-order valence-corrected chi connectivity index (χ2v) is 5.37. The molecule has 0 aliphatic heterocycles. The van der Waals surface area contributed by atoms with Gasteiger partial charge >= 0.3 is 5.97 Å². The first-order valence-corrected chi connectivity index (χ1v) is 8.25. The van der Waals surface area contributed by atoms with Gasteiger partial charge in [0.1, 0.15) is 0 Å². The molecule has 2 unspecified atom stereocenters. The van der Waals surface area contributed by atoms with E-state index in [9.17, 15) is 9.90 Å². The van der Waals surface area contributed by atoms with E-state index in [0.29, 0.717) is 19.6 Å². The molecule has 2 atom stereocenters. The van der Waals surface area contributed by atoms with Crippen molar-refractivity contribution in [2.24, 2.45) is 0 Å². The first kappa shape index (κ1) is 17.8. The molecule has 5 nitrogen and oxygen atoms in total. The highest BCUT2D eigenvalue weighted by Gasteiger charge is 2.12. The Bertz CT molecular complexity index is 425. The van der Waals surface area contributed by atoms with Crippen LogP contribution in [0.15, 0.2) is 24.3 Å². The first-order valence-electron chi connectivity index (χ1n) is 7.02. The molecule has 0 radical (unpaired) electrons. The van der Waals surface area contributed by atoms with E-state index in [-0.39, 0.29) is 12.0 Å². The van der Waals surface area contributed by atoms with Crippen molar-refractivity contribution in [3.63, 3.8) is 0 Å². The fourth-order valence-electron chi connectivity index (χ4n) is 1.86. The van der Waals surface area contributed by atoms with Crippen molar-refractivity contribution in [2.75, 3.05) is 24.1 Å². The number of aliphatic hydroxyl groups is 1. The lowest BCUT2D eigenvalue weighted by Gasteiger charge is -2.17. The molecule has 0 aromatic heterocycles. The maximum Gasteiger partial charge on any atom is 0.307 e. The molecule has 0 aliphatic carbocycles. The Hall–Kier alpha value is -1.24. The highest BCUT2D eigenvalue weighted by atomic mass is 32.2. The van der Waals surface area contributed by atoms with Crippen molar-refractivity contribution in [2.45, 2.75) is 32.4 Å². The minimum atomic E-state index is -0.599. The lowest BCUT2D eigenvalue weighted by molar-refractivity contribution is -0.143. The van der Waals surface area contributed by atoms with Crippen LogP contribution >= 0.6 is 11.9 Å². The van der Waals surface area contributed by atoms with Gasteiger partial charge in [-0.05, 0) is 31.5 Å². The third-order valence-corrected chi connectivity index (χ3v) is 3.39. The Labute approximate surface area is 130 Å². The largest absolute Gasteiger partial charge is 0.466 e. The molecule has 1 aromatic rings. The van der Waals surface area contributed by atoms with Gasteiger partial charge in [-0.15, -0.1) is 0 Å². The zero-order chi connectivity index (χ0) is 15.7. The van der Waals surface area contributed by atoms with E-state index < -0.39 is 6.10 Å². The van der Waals surface area contributed by atoms with Crippen molar-refractivity contribution >= 4 is 23.6 Å². The van der Waals surface area contributed by atoms with E-state index in [1.165, 1.54) is 11.9 Å². The quantitative estimate of drug-likeness (QED) is 0.480. The molecular weight excluding hydrogens is 288 g/mol. The SMILES string of the molecule is CCOC(=O)CC(C)NCC(O)c1ccc(NSC)cc1. The summed E-state index contributed by atoms with van der Waals surface area (Å²) < 4.78 is 8.02. The van der Waals surface area contributed by atoms with Crippen molar-refractivity contribution in [3.8, 4) is 0 Å². The van der Waals surface area contributed by atoms with Crippen LogP contribution in [0.1, 0.15) is 31.9 Å². The number of aliphatic hydroxyl groups excluding tert-OH is 1. The third-order valence-electron chi connectivity index (χ3n) is 2.95. The number of carbonyl (C=O) groups excluding carboxylic acids is 1. The molecule has 0 amide bonds. The van der Waals surface area contributed by atoms with Gasteiger partial charge in [0.05, 0.1) is 19.1 Å². The molecule has 0 saturated carbocycles. The number of carbonyl (C=O) groups is 1. The number of benzene rings is 1. The second-order valence-electron chi connectivity index (χ2n) is 4.76. The van der Waals surface area contributed by atoms with Crippen molar-refractivity contribution in [1.82, 2.24) is 5.32 Å². The second kappa shape index (κ2) is 9.65. The number of anilines is 1. The van der Waals surface area contributed by atoms with Crippen LogP contribution in [0.3, 0.4) is 0 Å². The predicted octanol–water partition coefficient (Wildman–Crippen LogP) is 2.34. The average molecular weight is 312 g/mol. The Morgan fingerprint density at radius 2 is 2.05 bits per heavy atom. The van der Waals surface area contributed by atoms with Crippen LogP contribution in [0.4, 0.5) is 5.69 Å². The number of hydrogen-bond acceptors (Lipinski definition) is 6. The predicted molar refractivity (Wildman–Crippen MR) is 87.3 cm³/mol. The van der Waals surface area contributed by atoms with Crippen molar-refractivity contribution < 1.29 is 14.6 Å². The molecule has 0 aliphatic rings. The lowest BCUT2D eigenvalue weighted by Crippen LogP contribution is -2.32. The number of ether oxygens (including phenoxy) is 1. The van der Waals surface area contributed by atoms with Gasteiger partial charge in [0, 0.05) is 24.5 Å². The Balaban J connectivity index is 2.38. The standard InChI is InChI=1S/C15H24N2O3S/c1-4-20-15(19)9-11(2)16-10-14(18)12-5-7-13(8-6-12)17-21-3/h5-8,11,14,16-18H,4,9-10H2,1-3H3. The summed E-state index contributed by atoms with van der Waals surface area (Å²) in [5, 5.41) is 13.3. The summed E-state index contributed by atoms with van der Waals surface area (Å²) in [5.41, 5.74) is 1.85. The Morgan fingerprint density at radius 3 is 2.62 bits per heavy atom. The molecule has 0 heterocycles.